The number of benzene rings is 6. The van der Waals surface area contributed by atoms with Crippen LogP contribution in [0.25, 0.3) is 38.6 Å². The van der Waals surface area contributed by atoms with Crippen LogP contribution in [0.1, 0.15) is 0 Å². The Morgan fingerprint density at radius 3 is 1.82 bits per heavy atom. The molecule has 0 saturated carbocycles. The Labute approximate surface area is 222 Å². The number of hydrogen-bond donors (Lipinski definition) is 0. The van der Waals surface area contributed by atoms with Gasteiger partial charge in [-0.2, -0.15) is 0 Å². The summed E-state index contributed by atoms with van der Waals surface area (Å²) in [6, 6.07) is 56.1. The van der Waals surface area contributed by atoms with Crippen LogP contribution in [-0.4, -0.2) is 4.57 Å². The van der Waals surface area contributed by atoms with Crippen molar-refractivity contribution in [1.82, 2.24) is 4.57 Å². The van der Waals surface area contributed by atoms with Crippen LogP contribution in [0.2, 0.25) is 0 Å². The lowest BCUT2D eigenvalue weighted by Gasteiger charge is -2.28. The molecule has 0 atom stereocenters. The zero-order chi connectivity index (χ0) is 25.3. The Hall–Kier alpha value is -5.08. The van der Waals surface area contributed by atoms with Gasteiger partial charge in [0.2, 0.25) is 0 Å². The van der Waals surface area contributed by atoms with Gasteiger partial charge in [-0.15, -0.1) is 0 Å². The summed E-state index contributed by atoms with van der Waals surface area (Å²) in [5, 5.41) is 2.48. The monoisotopic (exact) mass is 486 g/mol. The Balaban J connectivity index is 1.49. The fourth-order valence-corrected chi connectivity index (χ4v) is 5.49. The van der Waals surface area contributed by atoms with Crippen LogP contribution < -0.4 is 4.90 Å². The molecule has 0 fully saturated rings. The van der Waals surface area contributed by atoms with Crippen molar-refractivity contribution in [2.75, 3.05) is 4.90 Å². The molecule has 0 spiro atoms. The van der Waals surface area contributed by atoms with E-state index >= 15 is 0 Å². The highest BCUT2D eigenvalue weighted by atomic mass is 15.1. The van der Waals surface area contributed by atoms with E-state index in [4.69, 9.17) is 0 Å². The molecule has 7 aromatic rings. The van der Waals surface area contributed by atoms with Crippen molar-refractivity contribution in [2.24, 2.45) is 0 Å². The average molecular weight is 487 g/mol. The molecule has 0 amide bonds. The summed E-state index contributed by atoms with van der Waals surface area (Å²) in [5.41, 5.74) is 9.38. The lowest BCUT2D eigenvalue weighted by molar-refractivity contribution is 1.18. The van der Waals surface area contributed by atoms with Crippen LogP contribution in [0.4, 0.5) is 17.1 Å². The Kier molecular flexibility index (Phi) is 5.49. The minimum atomic E-state index is 1.13. The minimum absolute atomic E-state index is 1.13. The maximum absolute atomic E-state index is 2.37. The van der Waals surface area contributed by atoms with Gasteiger partial charge in [0.05, 0.1) is 16.7 Å². The second-order valence-electron chi connectivity index (χ2n) is 9.44. The predicted octanol–water partition coefficient (Wildman–Crippen LogP) is 9.92. The van der Waals surface area contributed by atoms with Crippen LogP contribution >= 0.6 is 0 Å². The highest BCUT2D eigenvalue weighted by Crippen LogP contribution is 2.42. The molecule has 7 rings (SSSR count). The number of para-hydroxylation sites is 4. The van der Waals surface area contributed by atoms with Gasteiger partial charge in [-0.25, -0.2) is 0 Å². The topological polar surface area (TPSA) is 8.17 Å². The van der Waals surface area contributed by atoms with Crippen LogP contribution in [0.15, 0.2) is 158 Å². The number of hydrogen-bond acceptors (Lipinski definition) is 1. The summed E-state index contributed by atoms with van der Waals surface area (Å²) in [5.74, 6) is 0. The molecule has 0 aliphatic heterocycles. The fourth-order valence-electron chi connectivity index (χ4n) is 5.49. The van der Waals surface area contributed by atoms with E-state index in [0.717, 1.165) is 17.1 Å². The first kappa shape index (κ1) is 22.1. The third-order valence-electron chi connectivity index (χ3n) is 7.17. The SMILES string of the molecule is c1ccc(-c2ccccc2N(c2ccccc2)c2ccc3c(c2)c2ccccc2n3-c2ccccc2)cc1. The number of fused-ring (bicyclic) bond motifs is 3. The van der Waals surface area contributed by atoms with Crippen LogP contribution in [0, 0.1) is 0 Å². The quantitative estimate of drug-likeness (QED) is 0.235. The summed E-state index contributed by atoms with van der Waals surface area (Å²) >= 11 is 0. The van der Waals surface area contributed by atoms with Gasteiger partial charge in [0.15, 0.2) is 0 Å². The largest absolute Gasteiger partial charge is 0.310 e. The van der Waals surface area contributed by atoms with Gasteiger partial charge < -0.3 is 9.47 Å². The second-order valence-corrected chi connectivity index (χ2v) is 9.44. The van der Waals surface area contributed by atoms with E-state index in [1.165, 1.54) is 38.6 Å². The molecule has 0 radical (unpaired) electrons. The van der Waals surface area contributed by atoms with Crippen LogP contribution in [0.5, 0.6) is 0 Å². The minimum Gasteiger partial charge on any atom is -0.310 e. The fraction of sp³-hybridized carbons (Fsp3) is 0. The molecular formula is C36H26N2. The van der Waals surface area contributed by atoms with Gasteiger partial charge in [-0.1, -0.05) is 103 Å². The van der Waals surface area contributed by atoms with Crippen molar-refractivity contribution in [3.63, 3.8) is 0 Å². The van der Waals surface area contributed by atoms with Crippen molar-refractivity contribution in [2.45, 2.75) is 0 Å². The molecule has 0 aliphatic carbocycles. The molecule has 0 bridgehead atoms. The normalized spacial score (nSPS) is 11.2. The summed E-state index contributed by atoms with van der Waals surface area (Å²) in [6.45, 7) is 0. The number of rotatable bonds is 5. The van der Waals surface area contributed by atoms with Crippen LogP contribution in [0.3, 0.4) is 0 Å². The maximum atomic E-state index is 2.37. The van der Waals surface area contributed by atoms with Gasteiger partial charge in [0.25, 0.3) is 0 Å². The molecule has 0 unspecified atom stereocenters. The standard InChI is InChI=1S/C36H26N2/c1-4-14-27(15-5-1)31-20-10-12-22-34(31)37(28-16-6-2-7-17-28)30-24-25-36-33(26-30)32-21-11-13-23-35(32)38(36)29-18-8-3-9-19-29/h1-26H. The van der Waals surface area contributed by atoms with E-state index in [-0.39, 0.29) is 0 Å². The maximum Gasteiger partial charge on any atom is 0.0542 e. The Morgan fingerprint density at radius 2 is 1.03 bits per heavy atom. The Bertz CT molecular complexity index is 1850. The van der Waals surface area contributed by atoms with E-state index < -0.39 is 0 Å². The molecule has 0 N–H and O–H groups in total. The second kappa shape index (κ2) is 9.42. The smallest absolute Gasteiger partial charge is 0.0542 e. The van der Waals surface area contributed by atoms with E-state index in [9.17, 15) is 0 Å². The van der Waals surface area contributed by atoms with E-state index in [1.807, 2.05) is 0 Å². The number of aromatic nitrogens is 1. The van der Waals surface area contributed by atoms with Gasteiger partial charge in [0, 0.05) is 33.4 Å². The molecule has 2 nitrogen and oxygen atoms in total. The molecule has 180 valence electrons. The zero-order valence-electron chi connectivity index (χ0n) is 20.9. The lowest BCUT2D eigenvalue weighted by atomic mass is 10.0. The molecule has 38 heavy (non-hydrogen) atoms. The predicted molar refractivity (Wildman–Crippen MR) is 161 cm³/mol. The molecule has 1 heterocycles. The zero-order valence-corrected chi connectivity index (χ0v) is 20.9. The third kappa shape index (κ3) is 3.75. The van der Waals surface area contributed by atoms with Crippen molar-refractivity contribution in [3.8, 4) is 16.8 Å². The molecule has 0 aliphatic rings. The average Bonchev–Trinajstić information content (AvgIpc) is 3.33. The Morgan fingerprint density at radius 1 is 0.421 bits per heavy atom. The number of anilines is 3. The van der Waals surface area contributed by atoms with E-state index in [0.29, 0.717) is 0 Å². The summed E-state index contributed by atoms with van der Waals surface area (Å²) in [7, 11) is 0. The summed E-state index contributed by atoms with van der Waals surface area (Å²) < 4.78 is 2.36. The molecule has 1 aromatic heterocycles. The highest BCUT2D eigenvalue weighted by molar-refractivity contribution is 6.10. The van der Waals surface area contributed by atoms with Crippen molar-refractivity contribution in [1.29, 1.82) is 0 Å². The van der Waals surface area contributed by atoms with Crippen molar-refractivity contribution in [3.05, 3.63) is 158 Å². The molecule has 6 aromatic carbocycles. The van der Waals surface area contributed by atoms with Gasteiger partial charge in [0.1, 0.15) is 0 Å². The van der Waals surface area contributed by atoms with Crippen LogP contribution in [-0.2, 0) is 0 Å². The van der Waals surface area contributed by atoms with Gasteiger partial charge >= 0.3 is 0 Å². The van der Waals surface area contributed by atoms with Crippen molar-refractivity contribution < 1.29 is 0 Å². The third-order valence-corrected chi connectivity index (χ3v) is 7.17. The molecule has 0 saturated heterocycles. The summed E-state index contributed by atoms with van der Waals surface area (Å²) in [4.78, 5) is 2.37. The number of nitrogens with zero attached hydrogens (tertiary/aromatic N) is 2. The van der Waals surface area contributed by atoms with Gasteiger partial charge in [-0.05, 0) is 60.2 Å². The van der Waals surface area contributed by atoms with E-state index in [1.54, 1.807) is 0 Å². The molecule has 2 heteroatoms. The lowest BCUT2D eigenvalue weighted by Crippen LogP contribution is -2.11. The highest BCUT2D eigenvalue weighted by Gasteiger charge is 2.19. The van der Waals surface area contributed by atoms with Crippen molar-refractivity contribution >= 4 is 38.9 Å². The van der Waals surface area contributed by atoms with E-state index in [2.05, 4.69) is 167 Å². The first-order chi connectivity index (χ1) is 18.9. The first-order valence-electron chi connectivity index (χ1n) is 13.0. The van der Waals surface area contributed by atoms with Gasteiger partial charge in [-0.3, -0.25) is 0 Å². The summed E-state index contributed by atoms with van der Waals surface area (Å²) in [6.07, 6.45) is 0. The molecular weight excluding hydrogens is 460 g/mol. The first-order valence-corrected chi connectivity index (χ1v) is 13.0.